The van der Waals surface area contributed by atoms with E-state index in [9.17, 15) is 47.9 Å². The van der Waals surface area contributed by atoms with Gasteiger partial charge < -0.3 is 8.92 Å². The van der Waals surface area contributed by atoms with Gasteiger partial charge in [0.1, 0.15) is 17.1 Å². The lowest BCUT2D eigenvalue weighted by atomic mass is 10.1. The molecule has 15 heteroatoms. The summed E-state index contributed by atoms with van der Waals surface area (Å²) in [7, 11) is -6.97. The van der Waals surface area contributed by atoms with Crippen molar-refractivity contribution in [2.45, 2.75) is 59.4 Å². The molecule has 0 aromatic heterocycles. The fourth-order valence-electron chi connectivity index (χ4n) is 2.73. The summed E-state index contributed by atoms with van der Waals surface area (Å²) in [5, 5.41) is -6.92. The van der Waals surface area contributed by atoms with Gasteiger partial charge in [-0.1, -0.05) is 48.2 Å². The summed E-state index contributed by atoms with van der Waals surface area (Å²) in [4.78, 5) is 2.57. The molecule has 0 N–H and O–H groups in total. The van der Waals surface area contributed by atoms with Crippen LogP contribution in [0.4, 0.5) is 39.5 Å². The zero-order chi connectivity index (χ0) is 31.3. The number of ether oxygens (including phenoxy) is 1. The average molecular weight is 635 g/mol. The monoisotopic (exact) mass is 634 g/mol. The highest BCUT2D eigenvalue weighted by molar-refractivity contribution is 7.99. The topological polar surface area (TPSA) is 52.6 Å². The summed E-state index contributed by atoms with van der Waals surface area (Å²) < 4.78 is 147. The number of benzene rings is 3. The predicted molar refractivity (Wildman–Crippen MR) is 134 cm³/mol. The highest BCUT2D eigenvalue weighted by atomic mass is 32.2. The van der Waals surface area contributed by atoms with Crippen LogP contribution in [0.5, 0.6) is 11.5 Å². The van der Waals surface area contributed by atoms with Gasteiger partial charge in [0.15, 0.2) is 0 Å². The van der Waals surface area contributed by atoms with Gasteiger partial charge in [0, 0.05) is 9.79 Å². The van der Waals surface area contributed by atoms with Gasteiger partial charge in [-0.3, -0.25) is 0 Å². The van der Waals surface area contributed by atoms with Gasteiger partial charge in [0.25, 0.3) is 0 Å². The molecule has 0 spiro atoms. The molecule has 3 aromatic rings. The Morgan fingerprint density at radius 2 is 0.976 bits per heavy atom. The highest BCUT2D eigenvalue weighted by Crippen LogP contribution is 2.55. The van der Waals surface area contributed by atoms with Gasteiger partial charge in [0.05, 0.1) is 0 Å². The van der Waals surface area contributed by atoms with Crippen molar-refractivity contribution in [2.75, 3.05) is 0 Å². The number of rotatable bonds is 8. The summed E-state index contributed by atoms with van der Waals surface area (Å²) in [5.74, 6) is -15.7. The Hall–Kier alpha value is -3.07. The van der Waals surface area contributed by atoms with Crippen molar-refractivity contribution in [3.8, 4) is 11.5 Å². The molecule has 0 heterocycles. The van der Waals surface area contributed by atoms with Crippen LogP contribution in [-0.2, 0) is 10.1 Å². The Labute approximate surface area is 234 Å². The molecule has 0 aliphatic heterocycles. The Bertz CT molecular complexity index is 1320. The van der Waals surface area contributed by atoms with E-state index in [4.69, 9.17) is 4.74 Å². The van der Waals surface area contributed by atoms with E-state index in [-0.39, 0.29) is 5.75 Å². The predicted octanol–water partition coefficient (Wildman–Crippen LogP) is 8.84. The van der Waals surface area contributed by atoms with Crippen molar-refractivity contribution in [1.82, 2.24) is 0 Å². The van der Waals surface area contributed by atoms with Crippen LogP contribution in [0, 0.1) is 0 Å². The number of alkyl halides is 9. The van der Waals surface area contributed by atoms with Crippen LogP contribution in [0.2, 0.25) is 0 Å². The molecule has 41 heavy (non-hydrogen) atoms. The van der Waals surface area contributed by atoms with Crippen molar-refractivity contribution in [3.05, 3.63) is 84.9 Å². The molecular formula is C26H23F9O4S2. The second-order valence-electron chi connectivity index (χ2n) is 9.11. The van der Waals surface area contributed by atoms with E-state index in [1.807, 2.05) is 12.1 Å². The van der Waals surface area contributed by atoms with Crippen molar-refractivity contribution in [3.63, 3.8) is 0 Å². The maximum atomic E-state index is 13.5. The van der Waals surface area contributed by atoms with E-state index in [1.165, 1.54) is 9.79 Å². The quantitative estimate of drug-likeness (QED) is 0.183. The average Bonchev–Trinajstić information content (AvgIpc) is 2.85. The Balaban J connectivity index is 0.000000372. The third kappa shape index (κ3) is 8.47. The largest absolute Gasteiger partial charge is 0.488 e. The molecule has 0 aliphatic carbocycles. The molecule has 0 unspecified atom stereocenters. The maximum Gasteiger partial charge on any atom is 0.460 e. The first-order valence-electron chi connectivity index (χ1n) is 11.3. The molecule has 0 saturated heterocycles. The molecule has 0 atom stereocenters. The number of halogens is 9. The summed E-state index contributed by atoms with van der Waals surface area (Å²) in [5.41, 5.74) is -0.729. The van der Waals surface area contributed by atoms with Crippen LogP contribution in [-0.4, -0.2) is 37.3 Å². The minimum Gasteiger partial charge on any atom is -0.488 e. The van der Waals surface area contributed by atoms with Crippen LogP contribution < -0.4 is 8.92 Å². The molecule has 0 fully saturated rings. The van der Waals surface area contributed by atoms with Gasteiger partial charge >= 0.3 is 33.4 Å². The van der Waals surface area contributed by atoms with E-state index in [0.717, 1.165) is 12.1 Å². The normalized spacial score (nSPS) is 13.2. The lowest BCUT2D eigenvalue weighted by Crippen LogP contribution is -2.63. The van der Waals surface area contributed by atoms with Gasteiger partial charge in [-0.25, -0.2) is 0 Å². The first-order valence-corrected chi connectivity index (χ1v) is 13.5. The van der Waals surface area contributed by atoms with Crippen LogP contribution in [0.3, 0.4) is 0 Å². The van der Waals surface area contributed by atoms with E-state index >= 15 is 0 Å². The van der Waals surface area contributed by atoms with Crippen LogP contribution >= 0.6 is 11.8 Å². The second-order valence-corrected chi connectivity index (χ2v) is 11.8. The van der Waals surface area contributed by atoms with Gasteiger partial charge in [0.2, 0.25) is 0 Å². The van der Waals surface area contributed by atoms with E-state index in [0.29, 0.717) is 12.1 Å². The fraction of sp³-hybridized carbons (Fsp3) is 0.308. The Morgan fingerprint density at radius 3 is 1.34 bits per heavy atom. The van der Waals surface area contributed by atoms with Crippen LogP contribution in [0.1, 0.15) is 20.8 Å². The minimum absolute atomic E-state index is 0.0675. The fourth-order valence-corrected chi connectivity index (χ4v) is 4.50. The zero-order valence-corrected chi connectivity index (χ0v) is 23.1. The smallest absolute Gasteiger partial charge is 0.460 e. The molecule has 0 saturated carbocycles. The molecule has 0 bridgehead atoms. The standard InChI is InChI=1S/C14H13F9O4S.C12H10S/c1-10(2,3)26-8-4-6-9(7-5-8)27-28(24,25)14(22,23)12(17,18)11(15,16)13(19,20)21;1-3-7-11(8-4-1)13-12-9-5-2-6-10-12/h4-7H,1-3H3;1-10H. The Morgan fingerprint density at radius 1 is 0.585 bits per heavy atom. The molecule has 3 rings (SSSR count). The summed E-state index contributed by atoms with van der Waals surface area (Å²) >= 11 is 1.79. The van der Waals surface area contributed by atoms with Gasteiger partial charge in [-0.15, -0.1) is 0 Å². The molecule has 4 nitrogen and oxygen atoms in total. The minimum atomic E-state index is -7.36. The van der Waals surface area contributed by atoms with Crippen molar-refractivity contribution < 1.29 is 56.9 Å². The van der Waals surface area contributed by atoms with Crippen LogP contribution in [0.15, 0.2) is 94.7 Å². The molecule has 0 aliphatic rings. The lowest BCUT2D eigenvalue weighted by molar-refractivity contribution is -0.382. The van der Waals surface area contributed by atoms with E-state index in [2.05, 4.69) is 52.7 Å². The zero-order valence-electron chi connectivity index (χ0n) is 21.4. The number of hydrogen-bond donors (Lipinski definition) is 0. The first kappa shape index (κ1) is 34.1. The molecule has 0 radical (unpaired) electrons. The lowest BCUT2D eigenvalue weighted by Gasteiger charge is -2.32. The van der Waals surface area contributed by atoms with Crippen molar-refractivity contribution >= 4 is 21.9 Å². The molecule has 226 valence electrons. The highest BCUT2D eigenvalue weighted by Gasteiger charge is 2.86. The maximum absolute atomic E-state index is 13.5. The molecule has 3 aromatic carbocycles. The SMILES string of the molecule is CC(C)(C)Oc1ccc(OS(=O)(=O)C(F)(F)C(F)(F)C(F)(F)C(F)(F)F)cc1.c1ccc(Sc2ccccc2)cc1. The molecule has 0 amide bonds. The number of hydrogen-bond acceptors (Lipinski definition) is 5. The van der Waals surface area contributed by atoms with Crippen molar-refractivity contribution in [1.29, 1.82) is 0 Å². The third-order valence-electron chi connectivity index (χ3n) is 4.61. The van der Waals surface area contributed by atoms with Gasteiger partial charge in [-0.05, 0) is 69.3 Å². The van der Waals surface area contributed by atoms with Crippen LogP contribution in [0.25, 0.3) is 0 Å². The summed E-state index contributed by atoms with van der Waals surface area (Å²) in [6, 6.07) is 24.0. The summed E-state index contributed by atoms with van der Waals surface area (Å²) in [6.45, 7) is 4.85. The summed E-state index contributed by atoms with van der Waals surface area (Å²) in [6.07, 6.45) is -7.15. The first-order chi connectivity index (χ1) is 18.6. The van der Waals surface area contributed by atoms with Crippen molar-refractivity contribution in [2.24, 2.45) is 0 Å². The van der Waals surface area contributed by atoms with Gasteiger partial charge in [-0.2, -0.15) is 47.9 Å². The van der Waals surface area contributed by atoms with E-state index < -0.39 is 44.7 Å². The molecular weight excluding hydrogens is 611 g/mol. The van der Waals surface area contributed by atoms with E-state index in [1.54, 1.807) is 32.5 Å². The third-order valence-corrected chi connectivity index (χ3v) is 6.92. The second kappa shape index (κ2) is 12.4. The Kier molecular flexibility index (Phi) is 10.3.